The lowest BCUT2D eigenvalue weighted by atomic mass is 9.95. The Morgan fingerprint density at radius 3 is 2.61 bits per heavy atom. The van der Waals surface area contributed by atoms with Gasteiger partial charge in [0.25, 0.3) is 5.91 Å². The molecule has 0 fully saturated rings. The molecule has 2 aromatic carbocycles. The number of anilines is 2. The van der Waals surface area contributed by atoms with Gasteiger partial charge in [0.15, 0.2) is 0 Å². The molecule has 28 heavy (non-hydrogen) atoms. The molecule has 0 saturated carbocycles. The molecule has 3 rings (SSSR count). The van der Waals surface area contributed by atoms with Gasteiger partial charge >= 0.3 is 0 Å². The number of benzene rings is 2. The molecule has 1 heterocycles. The number of nitrogens with one attached hydrogen (secondary N) is 2. The summed E-state index contributed by atoms with van der Waals surface area (Å²) in [4.78, 5) is 27.2. The molecular formula is C23H29N3O2. The number of hydrogen-bond acceptors (Lipinski definition) is 3. The van der Waals surface area contributed by atoms with Crippen LogP contribution in [0.15, 0.2) is 36.4 Å². The van der Waals surface area contributed by atoms with Crippen LogP contribution in [0, 0.1) is 13.8 Å². The molecular weight excluding hydrogens is 350 g/mol. The number of fused-ring (bicyclic) bond motifs is 1. The summed E-state index contributed by atoms with van der Waals surface area (Å²) in [5, 5.41) is 5.96. The van der Waals surface area contributed by atoms with E-state index in [9.17, 15) is 9.59 Å². The summed E-state index contributed by atoms with van der Waals surface area (Å²) in [6.45, 7) is 9.08. The molecule has 0 bridgehead atoms. The fraction of sp³-hybridized carbons (Fsp3) is 0.391. The van der Waals surface area contributed by atoms with Crippen molar-refractivity contribution in [1.82, 2.24) is 5.32 Å². The molecule has 0 aliphatic carbocycles. The standard InChI is InChI=1S/C23H29N3O2/c1-15(2)24-23(28)20-7-5-9-21-19(20)8-6-12-26(21)14-22(27)25-18-11-10-16(3)17(4)13-18/h5,7,9-11,13,15H,6,8,12,14H2,1-4H3,(H,24,28)(H,25,27). The Labute approximate surface area is 167 Å². The summed E-state index contributed by atoms with van der Waals surface area (Å²) in [6, 6.07) is 11.8. The molecule has 2 aromatic rings. The average Bonchev–Trinajstić information content (AvgIpc) is 2.64. The van der Waals surface area contributed by atoms with Gasteiger partial charge in [-0.15, -0.1) is 0 Å². The van der Waals surface area contributed by atoms with Crippen molar-refractivity contribution in [1.29, 1.82) is 0 Å². The summed E-state index contributed by atoms with van der Waals surface area (Å²) in [7, 11) is 0. The highest BCUT2D eigenvalue weighted by molar-refractivity contribution is 5.98. The Bertz CT molecular complexity index is 889. The van der Waals surface area contributed by atoms with Gasteiger partial charge in [0.2, 0.25) is 5.91 Å². The molecule has 1 aliphatic heterocycles. The Morgan fingerprint density at radius 2 is 1.89 bits per heavy atom. The van der Waals surface area contributed by atoms with E-state index in [0.29, 0.717) is 5.56 Å². The van der Waals surface area contributed by atoms with E-state index < -0.39 is 0 Å². The summed E-state index contributed by atoms with van der Waals surface area (Å²) in [5.41, 5.74) is 5.90. The maximum atomic E-state index is 12.6. The molecule has 0 unspecified atom stereocenters. The van der Waals surface area contributed by atoms with Gasteiger partial charge in [-0.3, -0.25) is 9.59 Å². The second kappa shape index (κ2) is 8.46. The van der Waals surface area contributed by atoms with Gasteiger partial charge < -0.3 is 15.5 Å². The maximum Gasteiger partial charge on any atom is 0.251 e. The zero-order valence-electron chi connectivity index (χ0n) is 17.1. The number of hydrogen-bond donors (Lipinski definition) is 2. The minimum atomic E-state index is -0.0480. The number of amides is 2. The quantitative estimate of drug-likeness (QED) is 0.830. The first-order chi connectivity index (χ1) is 13.3. The molecule has 0 aromatic heterocycles. The molecule has 2 amide bonds. The Morgan fingerprint density at radius 1 is 1.11 bits per heavy atom. The third kappa shape index (κ3) is 4.53. The zero-order valence-corrected chi connectivity index (χ0v) is 17.1. The number of rotatable bonds is 5. The lowest BCUT2D eigenvalue weighted by molar-refractivity contribution is -0.115. The van der Waals surface area contributed by atoms with Crippen LogP contribution < -0.4 is 15.5 Å². The van der Waals surface area contributed by atoms with E-state index in [1.165, 1.54) is 5.56 Å². The van der Waals surface area contributed by atoms with Gasteiger partial charge in [0.05, 0.1) is 6.54 Å². The van der Waals surface area contributed by atoms with Crippen LogP contribution in [0.4, 0.5) is 11.4 Å². The van der Waals surface area contributed by atoms with Crippen molar-refractivity contribution in [2.45, 2.75) is 46.6 Å². The Kier molecular flexibility index (Phi) is 6.02. The molecule has 0 spiro atoms. The summed E-state index contributed by atoms with van der Waals surface area (Å²) in [6.07, 6.45) is 1.78. The second-order valence-corrected chi connectivity index (χ2v) is 7.80. The average molecular weight is 380 g/mol. The van der Waals surface area contributed by atoms with Crippen molar-refractivity contribution >= 4 is 23.2 Å². The fourth-order valence-electron chi connectivity index (χ4n) is 3.61. The van der Waals surface area contributed by atoms with Gasteiger partial charge in [-0.25, -0.2) is 0 Å². The van der Waals surface area contributed by atoms with E-state index >= 15 is 0 Å². The van der Waals surface area contributed by atoms with Gasteiger partial charge in [0.1, 0.15) is 0 Å². The normalized spacial score (nSPS) is 13.2. The lowest BCUT2D eigenvalue weighted by Gasteiger charge is -2.32. The van der Waals surface area contributed by atoms with E-state index in [-0.39, 0.29) is 24.4 Å². The highest BCUT2D eigenvalue weighted by Crippen LogP contribution is 2.30. The summed E-state index contributed by atoms with van der Waals surface area (Å²) < 4.78 is 0. The first-order valence-corrected chi connectivity index (χ1v) is 9.90. The van der Waals surface area contributed by atoms with Crippen molar-refractivity contribution in [3.05, 3.63) is 58.7 Å². The van der Waals surface area contributed by atoms with Gasteiger partial charge in [0, 0.05) is 29.5 Å². The largest absolute Gasteiger partial charge is 0.362 e. The number of nitrogens with zero attached hydrogens (tertiary/aromatic N) is 1. The first-order valence-electron chi connectivity index (χ1n) is 9.90. The van der Waals surface area contributed by atoms with Crippen LogP contribution in [0.25, 0.3) is 0 Å². The predicted molar refractivity (Wildman–Crippen MR) is 114 cm³/mol. The van der Waals surface area contributed by atoms with Crippen LogP contribution in [-0.4, -0.2) is 30.9 Å². The SMILES string of the molecule is Cc1ccc(NC(=O)CN2CCCc3c(C(=O)NC(C)C)cccc32)cc1C. The molecule has 0 atom stereocenters. The van der Waals surface area contributed by atoms with E-state index in [1.54, 1.807) is 0 Å². The van der Waals surface area contributed by atoms with Gasteiger partial charge in [-0.1, -0.05) is 12.1 Å². The van der Waals surface area contributed by atoms with Gasteiger partial charge in [-0.2, -0.15) is 0 Å². The van der Waals surface area contributed by atoms with E-state index in [0.717, 1.165) is 41.9 Å². The number of aryl methyl sites for hydroxylation is 2. The highest BCUT2D eigenvalue weighted by atomic mass is 16.2. The molecule has 1 aliphatic rings. The Hall–Kier alpha value is -2.82. The molecule has 0 radical (unpaired) electrons. The second-order valence-electron chi connectivity index (χ2n) is 7.80. The summed E-state index contributed by atoms with van der Waals surface area (Å²) in [5.74, 6) is -0.0959. The fourth-order valence-corrected chi connectivity index (χ4v) is 3.61. The van der Waals surface area contributed by atoms with Crippen molar-refractivity contribution in [3.8, 4) is 0 Å². The smallest absolute Gasteiger partial charge is 0.251 e. The zero-order chi connectivity index (χ0) is 20.3. The van der Waals surface area contributed by atoms with E-state index in [4.69, 9.17) is 0 Å². The van der Waals surface area contributed by atoms with Crippen LogP contribution in [0.5, 0.6) is 0 Å². The third-order valence-corrected chi connectivity index (χ3v) is 5.14. The van der Waals surface area contributed by atoms with E-state index in [2.05, 4.69) is 22.5 Å². The lowest BCUT2D eigenvalue weighted by Crippen LogP contribution is -2.38. The molecule has 2 N–H and O–H groups in total. The molecule has 5 heteroatoms. The molecule has 0 saturated heterocycles. The number of carbonyl (C=O) groups is 2. The topological polar surface area (TPSA) is 61.4 Å². The van der Waals surface area contributed by atoms with Crippen molar-refractivity contribution < 1.29 is 9.59 Å². The van der Waals surface area contributed by atoms with E-state index in [1.807, 2.05) is 57.2 Å². The maximum absolute atomic E-state index is 12.6. The first kappa shape index (κ1) is 19.9. The van der Waals surface area contributed by atoms with Crippen LogP contribution in [0.2, 0.25) is 0 Å². The molecule has 5 nitrogen and oxygen atoms in total. The minimum Gasteiger partial charge on any atom is -0.362 e. The third-order valence-electron chi connectivity index (χ3n) is 5.14. The van der Waals surface area contributed by atoms with Crippen LogP contribution in [-0.2, 0) is 11.2 Å². The van der Waals surface area contributed by atoms with Crippen LogP contribution in [0.1, 0.15) is 47.3 Å². The van der Waals surface area contributed by atoms with Gasteiger partial charge in [-0.05, 0) is 81.5 Å². The van der Waals surface area contributed by atoms with Crippen molar-refractivity contribution in [2.24, 2.45) is 0 Å². The van der Waals surface area contributed by atoms with Crippen LogP contribution in [0.3, 0.4) is 0 Å². The minimum absolute atomic E-state index is 0.0479. The Balaban J connectivity index is 1.75. The van der Waals surface area contributed by atoms with Crippen LogP contribution >= 0.6 is 0 Å². The number of carbonyl (C=O) groups excluding carboxylic acids is 2. The highest BCUT2D eigenvalue weighted by Gasteiger charge is 2.23. The van der Waals surface area contributed by atoms with Crippen molar-refractivity contribution in [2.75, 3.05) is 23.3 Å². The predicted octanol–water partition coefficient (Wildman–Crippen LogP) is 3.83. The molecule has 148 valence electrons. The summed E-state index contributed by atoms with van der Waals surface area (Å²) >= 11 is 0. The monoisotopic (exact) mass is 379 g/mol. The van der Waals surface area contributed by atoms with Crippen molar-refractivity contribution in [3.63, 3.8) is 0 Å².